The number of ether oxygens (including phenoxy) is 1. The fraction of sp³-hybridized carbons (Fsp3) is 0.867. The molecule has 5 nitrogen and oxygen atoms in total. The van der Waals surface area contributed by atoms with Crippen LogP contribution in [0.2, 0.25) is 0 Å². The van der Waals surface area contributed by atoms with Crippen LogP contribution < -0.4 is 5.32 Å². The van der Waals surface area contributed by atoms with Crippen molar-refractivity contribution in [3.05, 3.63) is 0 Å². The van der Waals surface area contributed by atoms with Crippen molar-refractivity contribution in [1.82, 2.24) is 10.2 Å². The van der Waals surface area contributed by atoms with Gasteiger partial charge < -0.3 is 15.0 Å². The molecular formula is C15H24N2O3. The number of piperidine rings is 1. The van der Waals surface area contributed by atoms with Crippen molar-refractivity contribution >= 4 is 11.8 Å². The summed E-state index contributed by atoms with van der Waals surface area (Å²) < 4.78 is 5.91. The third kappa shape index (κ3) is 2.82. The number of carbonyl (C=O) groups excluding carboxylic acids is 2. The fourth-order valence-corrected chi connectivity index (χ4v) is 3.75. The highest BCUT2D eigenvalue weighted by Gasteiger charge is 2.42. The maximum Gasteiger partial charge on any atom is 0.249 e. The Labute approximate surface area is 120 Å². The molecular weight excluding hydrogens is 256 g/mol. The van der Waals surface area contributed by atoms with E-state index < -0.39 is 0 Å². The van der Waals surface area contributed by atoms with E-state index in [4.69, 9.17) is 4.74 Å². The zero-order valence-corrected chi connectivity index (χ0v) is 12.1. The van der Waals surface area contributed by atoms with Gasteiger partial charge >= 0.3 is 0 Å². The van der Waals surface area contributed by atoms with Gasteiger partial charge in [0, 0.05) is 26.1 Å². The zero-order chi connectivity index (χ0) is 14.1. The van der Waals surface area contributed by atoms with Crippen molar-refractivity contribution in [3.63, 3.8) is 0 Å². The highest BCUT2D eigenvalue weighted by molar-refractivity contribution is 5.81. The smallest absolute Gasteiger partial charge is 0.249 e. The van der Waals surface area contributed by atoms with Gasteiger partial charge in [-0.1, -0.05) is 12.8 Å². The third-order valence-corrected chi connectivity index (χ3v) is 4.99. The molecule has 0 aromatic rings. The van der Waals surface area contributed by atoms with Crippen molar-refractivity contribution in [2.24, 2.45) is 5.92 Å². The summed E-state index contributed by atoms with van der Waals surface area (Å²) in [6.45, 7) is 3.05. The first kappa shape index (κ1) is 13.9. The Morgan fingerprint density at radius 1 is 1.20 bits per heavy atom. The fourth-order valence-electron chi connectivity index (χ4n) is 3.75. The standard InChI is InChI=1S/C15H24N2O3/c1-10(18)17-7-6-11-8-13(20-14(11)9-17)15(19)16-12-4-2-3-5-12/h11-14H,2-9H2,1H3,(H,16,19)/t11-,13-,14+/m0/s1. The number of nitrogens with zero attached hydrogens (tertiary/aromatic N) is 1. The van der Waals surface area contributed by atoms with Crippen LogP contribution in [0.4, 0.5) is 0 Å². The number of amides is 2. The Morgan fingerprint density at radius 2 is 1.95 bits per heavy atom. The van der Waals surface area contributed by atoms with Crippen molar-refractivity contribution in [3.8, 4) is 0 Å². The van der Waals surface area contributed by atoms with Gasteiger partial charge in [-0.2, -0.15) is 0 Å². The highest BCUT2D eigenvalue weighted by atomic mass is 16.5. The Kier molecular flexibility index (Phi) is 3.96. The lowest BCUT2D eigenvalue weighted by molar-refractivity contribution is -0.137. The average molecular weight is 280 g/mol. The second-order valence-electron chi connectivity index (χ2n) is 6.40. The van der Waals surface area contributed by atoms with E-state index in [1.165, 1.54) is 12.8 Å². The molecule has 2 heterocycles. The van der Waals surface area contributed by atoms with Gasteiger partial charge in [0.1, 0.15) is 6.10 Å². The van der Waals surface area contributed by atoms with Crippen LogP contribution in [0.1, 0.15) is 45.4 Å². The first-order chi connectivity index (χ1) is 9.63. The number of carbonyl (C=O) groups is 2. The number of fused-ring (bicyclic) bond motifs is 1. The van der Waals surface area contributed by atoms with E-state index in [2.05, 4.69) is 5.32 Å². The summed E-state index contributed by atoms with van der Waals surface area (Å²) >= 11 is 0. The summed E-state index contributed by atoms with van der Waals surface area (Å²) in [4.78, 5) is 25.5. The lowest BCUT2D eigenvalue weighted by Gasteiger charge is -2.33. The van der Waals surface area contributed by atoms with Gasteiger partial charge in [0.15, 0.2) is 0 Å². The molecule has 0 radical (unpaired) electrons. The van der Waals surface area contributed by atoms with Crippen LogP contribution >= 0.6 is 0 Å². The molecule has 3 fully saturated rings. The Bertz CT molecular complexity index is 393. The molecule has 0 spiro atoms. The van der Waals surface area contributed by atoms with Crippen LogP contribution in [-0.4, -0.2) is 48.1 Å². The molecule has 20 heavy (non-hydrogen) atoms. The minimum Gasteiger partial charge on any atom is -0.363 e. The molecule has 3 atom stereocenters. The van der Waals surface area contributed by atoms with Crippen LogP contribution in [0.15, 0.2) is 0 Å². The molecule has 3 aliphatic rings. The van der Waals surface area contributed by atoms with Gasteiger partial charge in [0.2, 0.25) is 11.8 Å². The molecule has 2 amide bonds. The minimum absolute atomic E-state index is 0.0481. The van der Waals surface area contributed by atoms with Crippen molar-refractivity contribution in [1.29, 1.82) is 0 Å². The average Bonchev–Trinajstić information content (AvgIpc) is 3.05. The summed E-state index contributed by atoms with van der Waals surface area (Å²) in [7, 11) is 0. The molecule has 1 saturated carbocycles. The lowest BCUT2D eigenvalue weighted by atomic mass is 9.91. The monoisotopic (exact) mass is 280 g/mol. The van der Waals surface area contributed by atoms with Gasteiger partial charge in [-0.3, -0.25) is 9.59 Å². The SMILES string of the molecule is CC(=O)N1CC[C@H]2C[C@@H](C(=O)NC3CCCC3)O[C@@H]2C1. The summed E-state index contributed by atoms with van der Waals surface area (Å²) in [5.41, 5.74) is 0. The minimum atomic E-state index is -0.308. The third-order valence-electron chi connectivity index (χ3n) is 4.99. The molecule has 0 aromatic heterocycles. The topological polar surface area (TPSA) is 58.6 Å². The second-order valence-corrected chi connectivity index (χ2v) is 6.40. The molecule has 5 heteroatoms. The Hall–Kier alpha value is -1.10. The maximum absolute atomic E-state index is 12.2. The molecule has 3 rings (SSSR count). The molecule has 2 aliphatic heterocycles. The number of hydrogen-bond donors (Lipinski definition) is 1. The zero-order valence-electron chi connectivity index (χ0n) is 12.1. The van der Waals surface area contributed by atoms with Crippen LogP contribution in [-0.2, 0) is 14.3 Å². The first-order valence-corrected chi connectivity index (χ1v) is 7.85. The van der Waals surface area contributed by atoms with E-state index in [1.807, 2.05) is 4.90 Å². The van der Waals surface area contributed by atoms with E-state index in [-0.39, 0.29) is 24.0 Å². The van der Waals surface area contributed by atoms with Crippen LogP contribution in [0.25, 0.3) is 0 Å². The van der Waals surface area contributed by atoms with Gasteiger partial charge in [0.25, 0.3) is 0 Å². The van der Waals surface area contributed by atoms with Crippen molar-refractivity contribution in [2.45, 2.75) is 63.7 Å². The molecule has 1 aliphatic carbocycles. The molecule has 112 valence electrons. The molecule has 0 bridgehead atoms. The largest absolute Gasteiger partial charge is 0.363 e. The van der Waals surface area contributed by atoms with E-state index >= 15 is 0 Å². The summed E-state index contributed by atoms with van der Waals surface area (Å²) in [5, 5.41) is 3.12. The normalized spacial score (nSPS) is 34.0. The molecule has 1 N–H and O–H groups in total. The molecule has 0 unspecified atom stereocenters. The van der Waals surface area contributed by atoms with Crippen molar-refractivity contribution < 1.29 is 14.3 Å². The van der Waals surface area contributed by atoms with Gasteiger partial charge in [-0.05, 0) is 31.6 Å². The maximum atomic E-state index is 12.2. The number of nitrogens with one attached hydrogen (secondary N) is 1. The van der Waals surface area contributed by atoms with Crippen LogP contribution in [0.5, 0.6) is 0 Å². The Balaban J connectivity index is 1.53. The van der Waals surface area contributed by atoms with E-state index in [9.17, 15) is 9.59 Å². The number of likely N-dealkylation sites (tertiary alicyclic amines) is 1. The second kappa shape index (κ2) is 5.72. The summed E-state index contributed by atoms with van der Waals surface area (Å²) in [6, 6.07) is 0.349. The van der Waals surface area contributed by atoms with Gasteiger partial charge in [-0.15, -0.1) is 0 Å². The predicted molar refractivity (Wildman–Crippen MR) is 74.0 cm³/mol. The first-order valence-electron chi connectivity index (χ1n) is 7.85. The van der Waals surface area contributed by atoms with Crippen LogP contribution in [0.3, 0.4) is 0 Å². The van der Waals surface area contributed by atoms with Crippen molar-refractivity contribution in [2.75, 3.05) is 13.1 Å². The Morgan fingerprint density at radius 3 is 2.65 bits per heavy atom. The predicted octanol–water partition coefficient (Wildman–Crippen LogP) is 1.07. The van der Waals surface area contributed by atoms with E-state index in [1.54, 1.807) is 6.92 Å². The number of rotatable bonds is 2. The quantitative estimate of drug-likeness (QED) is 0.823. The number of hydrogen-bond acceptors (Lipinski definition) is 3. The molecule has 0 aromatic carbocycles. The summed E-state index contributed by atoms with van der Waals surface area (Å²) in [6.07, 6.45) is 6.15. The highest BCUT2D eigenvalue weighted by Crippen LogP contribution is 2.33. The van der Waals surface area contributed by atoms with Crippen LogP contribution in [0, 0.1) is 5.92 Å². The van der Waals surface area contributed by atoms with Gasteiger partial charge in [-0.25, -0.2) is 0 Å². The van der Waals surface area contributed by atoms with E-state index in [0.717, 1.165) is 32.2 Å². The molecule has 2 saturated heterocycles. The van der Waals surface area contributed by atoms with Gasteiger partial charge in [0.05, 0.1) is 6.10 Å². The van der Waals surface area contributed by atoms with E-state index in [0.29, 0.717) is 18.5 Å². The lowest BCUT2D eigenvalue weighted by Crippen LogP contribution is -2.44. The summed E-state index contributed by atoms with van der Waals surface area (Å²) in [5.74, 6) is 0.594.